The number of benzene rings is 5. The summed E-state index contributed by atoms with van der Waals surface area (Å²) in [7, 11) is -2.50. The molecule has 5 aromatic rings. The van der Waals surface area contributed by atoms with E-state index in [1.807, 2.05) is 6.07 Å². The van der Waals surface area contributed by atoms with Crippen molar-refractivity contribution in [3.05, 3.63) is 140 Å². The molecule has 0 aliphatic rings. The zero-order valence-electron chi connectivity index (χ0n) is 17.7. The third kappa shape index (κ3) is 3.73. The summed E-state index contributed by atoms with van der Waals surface area (Å²) in [5, 5.41) is 5.54. The third-order valence-electron chi connectivity index (χ3n) is 6.10. The summed E-state index contributed by atoms with van der Waals surface area (Å²) in [5.41, 5.74) is 2.41. The van der Waals surface area contributed by atoms with Crippen LogP contribution in [-0.4, -0.2) is 8.07 Å². The molecular formula is C30H24SSi. The molecule has 0 saturated carbocycles. The Morgan fingerprint density at radius 2 is 0.781 bits per heavy atom. The average Bonchev–Trinajstić information content (AvgIpc) is 2.87. The van der Waals surface area contributed by atoms with Crippen LogP contribution in [0.3, 0.4) is 0 Å². The summed E-state index contributed by atoms with van der Waals surface area (Å²) in [6.45, 7) is 0. The zero-order valence-corrected chi connectivity index (χ0v) is 19.6. The molecule has 0 radical (unpaired) electrons. The maximum atomic E-state index is 4.57. The number of hydrogen-bond donors (Lipinski definition) is 1. The van der Waals surface area contributed by atoms with E-state index in [0.29, 0.717) is 0 Å². The summed E-state index contributed by atoms with van der Waals surface area (Å²) >= 11 is 4.57. The van der Waals surface area contributed by atoms with Crippen LogP contribution in [0, 0.1) is 0 Å². The Hall–Kier alpha value is -3.33. The van der Waals surface area contributed by atoms with Crippen LogP contribution in [0.1, 0.15) is 0 Å². The van der Waals surface area contributed by atoms with Crippen molar-refractivity contribution in [1.82, 2.24) is 0 Å². The van der Waals surface area contributed by atoms with E-state index in [9.17, 15) is 0 Å². The molecule has 0 spiro atoms. The summed E-state index contributed by atoms with van der Waals surface area (Å²) in [6, 6.07) is 50.6. The molecule has 2 heteroatoms. The Kier molecular flexibility index (Phi) is 5.81. The van der Waals surface area contributed by atoms with Crippen molar-refractivity contribution in [2.24, 2.45) is 0 Å². The predicted molar refractivity (Wildman–Crippen MR) is 143 cm³/mol. The van der Waals surface area contributed by atoms with Crippen molar-refractivity contribution in [3.63, 3.8) is 0 Å². The Balaban J connectivity index is 1.85. The highest BCUT2D eigenvalue weighted by Crippen LogP contribution is 2.22. The molecular weight excluding hydrogens is 420 g/mol. The maximum absolute atomic E-state index is 4.57. The Morgan fingerprint density at radius 3 is 1.25 bits per heavy atom. The molecule has 5 rings (SSSR count). The van der Waals surface area contributed by atoms with Crippen molar-refractivity contribution >= 4 is 41.4 Å². The standard InChI is InChI=1S/C30H24SSi/c31-26-14-10-12-24(22-26)25-13-11-21-30(23-25)32(27-15-4-1-5-16-27,28-17-6-2-7-18-28)29-19-8-3-9-20-29/h1-23,31H. The normalized spacial score (nSPS) is 11.3. The Labute approximate surface area is 196 Å². The van der Waals surface area contributed by atoms with E-state index in [2.05, 4.69) is 146 Å². The molecule has 0 amide bonds. The summed E-state index contributed by atoms with van der Waals surface area (Å²) in [6.07, 6.45) is 0. The second-order valence-corrected chi connectivity index (χ2v) is 12.3. The molecule has 0 nitrogen and oxygen atoms in total. The van der Waals surface area contributed by atoms with Gasteiger partial charge in [0.05, 0.1) is 0 Å². The minimum Gasteiger partial charge on any atom is -0.143 e. The van der Waals surface area contributed by atoms with Crippen LogP contribution in [-0.2, 0) is 0 Å². The van der Waals surface area contributed by atoms with Gasteiger partial charge in [-0.3, -0.25) is 0 Å². The zero-order chi connectivity index (χ0) is 21.8. The van der Waals surface area contributed by atoms with Crippen LogP contribution in [0.2, 0.25) is 0 Å². The molecule has 0 atom stereocenters. The lowest BCUT2D eigenvalue weighted by Crippen LogP contribution is -2.74. The van der Waals surface area contributed by atoms with Crippen LogP contribution in [0.15, 0.2) is 144 Å². The smallest absolute Gasteiger partial charge is 0.143 e. The minimum absolute atomic E-state index is 0.977. The van der Waals surface area contributed by atoms with Gasteiger partial charge < -0.3 is 0 Å². The second kappa shape index (κ2) is 9.03. The summed E-state index contributed by atoms with van der Waals surface area (Å²) in [4.78, 5) is 0.977. The molecule has 154 valence electrons. The van der Waals surface area contributed by atoms with Crippen molar-refractivity contribution in [3.8, 4) is 11.1 Å². The van der Waals surface area contributed by atoms with E-state index in [1.54, 1.807) is 0 Å². The van der Waals surface area contributed by atoms with Gasteiger partial charge in [0.2, 0.25) is 0 Å². The molecule has 0 fully saturated rings. The number of hydrogen-bond acceptors (Lipinski definition) is 1. The van der Waals surface area contributed by atoms with Crippen LogP contribution < -0.4 is 20.7 Å². The van der Waals surface area contributed by atoms with Gasteiger partial charge in [0.1, 0.15) is 0 Å². The molecule has 0 aromatic heterocycles. The lowest BCUT2D eigenvalue weighted by Gasteiger charge is -2.34. The summed E-state index contributed by atoms with van der Waals surface area (Å²) < 4.78 is 0. The van der Waals surface area contributed by atoms with Gasteiger partial charge in [0.25, 0.3) is 0 Å². The Bertz CT molecular complexity index is 1220. The molecule has 32 heavy (non-hydrogen) atoms. The molecule has 5 aromatic carbocycles. The van der Waals surface area contributed by atoms with Gasteiger partial charge in [-0.05, 0) is 44.0 Å². The molecule has 0 aliphatic heterocycles. The van der Waals surface area contributed by atoms with Gasteiger partial charge in [-0.2, -0.15) is 0 Å². The maximum Gasteiger partial charge on any atom is 0.179 e. The van der Waals surface area contributed by atoms with Gasteiger partial charge in [-0.1, -0.05) is 127 Å². The van der Waals surface area contributed by atoms with Crippen molar-refractivity contribution in [1.29, 1.82) is 0 Å². The first-order chi connectivity index (χ1) is 15.8. The Morgan fingerprint density at radius 1 is 0.375 bits per heavy atom. The van der Waals surface area contributed by atoms with E-state index in [0.717, 1.165) is 4.90 Å². The number of rotatable bonds is 5. The van der Waals surface area contributed by atoms with Crippen LogP contribution in [0.4, 0.5) is 0 Å². The average molecular weight is 445 g/mol. The molecule has 0 aliphatic carbocycles. The topological polar surface area (TPSA) is 0 Å². The third-order valence-corrected chi connectivity index (χ3v) is 11.1. The minimum atomic E-state index is -2.50. The van der Waals surface area contributed by atoms with Crippen LogP contribution in [0.25, 0.3) is 11.1 Å². The molecule has 0 N–H and O–H groups in total. The van der Waals surface area contributed by atoms with Gasteiger partial charge in [-0.15, -0.1) is 12.6 Å². The quantitative estimate of drug-likeness (QED) is 0.220. The van der Waals surface area contributed by atoms with E-state index >= 15 is 0 Å². The van der Waals surface area contributed by atoms with Crippen LogP contribution >= 0.6 is 12.6 Å². The fourth-order valence-corrected chi connectivity index (χ4v) is 9.70. The molecule has 0 saturated heterocycles. The first-order valence-electron chi connectivity index (χ1n) is 10.8. The number of thiol groups is 1. The highest BCUT2D eigenvalue weighted by Gasteiger charge is 2.41. The first-order valence-corrected chi connectivity index (χ1v) is 13.3. The highest BCUT2D eigenvalue weighted by atomic mass is 32.1. The summed E-state index contributed by atoms with van der Waals surface area (Å²) in [5.74, 6) is 0. The lowest BCUT2D eigenvalue weighted by atomic mass is 10.1. The van der Waals surface area contributed by atoms with E-state index < -0.39 is 8.07 Å². The fourth-order valence-electron chi connectivity index (χ4n) is 4.68. The van der Waals surface area contributed by atoms with Crippen molar-refractivity contribution in [2.45, 2.75) is 4.90 Å². The SMILES string of the molecule is Sc1cccc(-c2cccc([Si](c3ccccc3)(c3ccccc3)c3ccccc3)c2)c1. The molecule has 0 heterocycles. The second-order valence-electron chi connectivity index (χ2n) is 7.98. The van der Waals surface area contributed by atoms with Crippen molar-refractivity contribution in [2.75, 3.05) is 0 Å². The monoisotopic (exact) mass is 444 g/mol. The molecule has 0 bridgehead atoms. The predicted octanol–water partition coefficient (Wildman–Crippen LogP) is 5.02. The van der Waals surface area contributed by atoms with Gasteiger partial charge in [-0.25, -0.2) is 0 Å². The largest absolute Gasteiger partial charge is 0.179 e. The van der Waals surface area contributed by atoms with Gasteiger partial charge in [0.15, 0.2) is 8.07 Å². The fraction of sp³-hybridized carbons (Fsp3) is 0. The van der Waals surface area contributed by atoms with Crippen LogP contribution in [0.5, 0.6) is 0 Å². The lowest BCUT2D eigenvalue weighted by molar-refractivity contribution is 1.47. The van der Waals surface area contributed by atoms with E-state index in [1.165, 1.54) is 31.9 Å². The van der Waals surface area contributed by atoms with E-state index in [4.69, 9.17) is 0 Å². The first kappa shape index (κ1) is 20.6. The highest BCUT2D eigenvalue weighted by molar-refractivity contribution is 7.80. The van der Waals surface area contributed by atoms with Gasteiger partial charge in [0, 0.05) is 4.90 Å². The van der Waals surface area contributed by atoms with Crippen molar-refractivity contribution < 1.29 is 0 Å². The van der Waals surface area contributed by atoms with Gasteiger partial charge >= 0.3 is 0 Å². The van der Waals surface area contributed by atoms with E-state index in [-0.39, 0.29) is 0 Å². The molecule has 0 unspecified atom stereocenters.